The van der Waals surface area contributed by atoms with Gasteiger partial charge in [-0.2, -0.15) is 0 Å². The number of piperazine rings is 1. The summed E-state index contributed by atoms with van der Waals surface area (Å²) in [4.78, 5) is 33.8. The van der Waals surface area contributed by atoms with E-state index in [0.717, 1.165) is 36.1 Å². The lowest BCUT2D eigenvalue weighted by molar-refractivity contribution is -0.121. The van der Waals surface area contributed by atoms with E-state index < -0.39 is 0 Å². The number of amides is 2. The van der Waals surface area contributed by atoms with Crippen molar-refractivity contribution in [2.45, 2.75) is 39.2 Å². The zero-order valence-corrected chi connectivity index (χ0v) is 18.0. The van der Waals surface area contributed by atoms with Crippen molar-refractivity contribution >= 4 is 17.5 Å². The van der Waals surface area contributed by atoms with Gasteiger partial charge in [-0.05, 0) is 36.6 Å². The van der Waals surface area contributed by atoms with Crippen molar-refractivity contribution in [2.24, 2.45) is 0 Å². The molecule has 0 bridgehead atoms. The average Bonchev–Trinajstić information content (AvgIpc) is 3.24. The number of anilines is 1. The third-order valence-corrected chi connectivity index (χ3v) is 5.80. The van der Waals surface area contributed by atoms with Gasteiger partial charge in [0.15, 0.2) is 12.1 Å². The molecule has 0 N–H and O–H groups in total. The van der Waals surface area contributed by atoms with E-state index in [1.54, 1.807) is 11.8 Å². The van der Waals surface area contributed by atoms with Gasteiger partial charge in [-0.1, -0.05) is 62.2 Å². The summed E-state index contributed by atoms with van der Waals surface area (Å²) in [5.74, 6) is 0.149. The molecule has 1 fully saturated rings. The Morgan fingerprint density at radius 1 is 1.13 bits per heavy atom. The Labute approximate surface area is 182 Å². The predicted molar refractivity (Wildman–Crippen MR) is 120 cm³/mol. The number of carbonyl (C=O) groups is 2. The molecule has 0 spiro atoms. The van der Waals surface area contributed by atoms with Crippen LogP contribution in [0.5, 0.6) is 0 Å². The number of aromatic nitrogens is 1. The number of rotatable bonds is 6. The molecule has 0 radical (unpaired) electrons. The van der Waals surface area contributed by atoms with Gasteiger partial charge in [-0.3, -0.25) is 9.59 Å². The molecule has 160 valence electrons. The summed E-state index contributed by atoms with van der Waals surface area (Å²) in [6.45, 7) is 4.35. The lowest BCUT2D eigenvalue weighted by Crippen LogP contribution is -2.58. The highest BCUT2D eigenvalue weighted by atomic mass is 16.3. The predicted octanol–water partition coefficient (Wildman–Crippen LogP) is 4.70. The third-order valence-electron chi connectivity index (χ3n) is 5.80. The molecule has 1 atom stereocenters. The van der Waals surface area contributed by atoms with Gasteiger partial charge in [-0.25, -0.2) is 4.98 Å². The van der Waals surface area contributed by atoms with Gasteiger partial charge in [0.2, 0.25) is 5.91 Å². The zero-order valence-electron chi connectivity index (χ0n) is 18.0. The molecule has 0 unspecified atom stereocenters. The van der Waals surface area contributed by atoms with E-state index in [0.29, 0.717) is 12.3 Å². The number of oxazole rings is 1. The van der Waals surface area contributed by atoms with E-state index in [-0.39, 0.29) is 30.1 Å². The van der Waals surface area contributed by atoms with Gasteiger partial charge in [0.1, 0.15) is 12.3 Å². The van der Waals surface area contributed by atoms with Crippen molar-refractivity contribution in [3.63, 3.8) is 0 Å². The number of hydrogen-bond acceptors (Lipinski definition) is 4. The molecule has 6 heteroatoms. The van der Waals surface area contributed by atoms with E-state index in [9.17, 15) is 9.59 Å². The van der Waals surface area contributed by atoms with E-state index in [1.807, 2.05) is 47.4 Å². The van der Waals surface area contributed by atoms with Crippen molar-refractivity contribution < 1.29 is 14.0 Å². The van der Waals surface area contributed by atoms with Crippen molar-refractivity contribution in [3.05, 3.63) is 72.4 Å². The highest BCUT2D eigenvalue weighted by Crippen LogP contribution is 2.28. The first kappa shape index (κ1) is 20.8. The van der Waals surface area contributed by atoms with Crippen LogP contribution in [0.25, 0.3) is 11.1 Å². The second-order valence-corrected chi connectivity index (χ2v) is 7.91. The van der Waals surface area contributed by atoms with Gasteiger partial charge < -0.3 is 14.2 Å². The van der Waals surface area contributed by atoms with Crippen LogP contribution >= 0.6 is 0 Å². The van der Waals surface area contributed by atoms with Crippen LogP contribution in [0, 0.1) is 6.92 Å². The minimum atomic E-state index is -0.238. The first-order valence-electron chi connectivity index (χ1n) is 10.8. The monoisotopic (exact) mass is 417 g/mol. The normalized spacial score (nSPS) is 16.6. The fourth-order valence-electron chi connectivity index (χ4n) is 4.08. The smallest absolute Gasteiger partial charge is 0.276 e. The number of aryl methyl sites for hydroxylation is 1. The summed E-state index contributed by atoms with van der Waals surface area (Å²) in [5, 5.41) is 0. The first-order valence-corrected chi connectivity index (χ1v) is 10.8. The Kier molecular flexibility index (Phi) is 6.16. The fraction of sp³-hybridized carbons (Fsp3) is 0.320. The zero-order chi connectivity index (χ0) is 21.8. The molecule has 2 heterocycles. The van der Waals surface area contributed by atoms with Crippen LogP contribution in [-0.2, 0) is 4.79 Å². The van der Waals surface area contributed by atoms with Crippen molar-refractivity contribution in [1.82, 2.24) is 9.88 Å². The Balaban J connectivity index is 1.61. The molecule has 31 heavy (non-hydrogen) atoms. The van der Waals surface area contributed by atoms with Crippen LogP contribution < -0.4 is 4.90 Å². The molecule has 1 saturated heterocycles. The van der Waals surface area contributed by atoms with Crippen LogP contribution in [0.15, 0.2) is 65.4 Å². The molecule has 1 aromatic heterocycles. The maximum Gasteiger partial charge on any atom is 0.276 e. The minimum absolute atomic E-state index is 0.0368. The van der Waals surface area contributed by atoms with Crippen molar-refractivity contribution in [2.75, 3.05) is 18.0 Å². The quantitative estimate of drug-likeness (QED) is 0.583. The molecule has 0 aliphatic carbocycles. The topological polar surface area (TPSA) is 66.7 Å². The van der Waals surface area contributed by atoms with E-state index in [2.05, 4.69) is 24.0 Å². The van der Waals surface area contributed by atoms with Gasteiger partial charge in [-0.15, -0.1) is 0 Å². The van der Waals surface area contributed by atoms with E-state index >= 15 is 0 Å². The maximum absolute atomic E-state index is 13.1. The van der Waals surface area contributed by atoms with Gasteiger partial charge in [0.05, 0.1) is 6.04 Å². The van der Waals surface area contributed by atoms with Crippen molar-refractivity contribution in [1.29, 1.82) is 0 Å². The molecule has 2 amide bonds. The van der Waals surface area contributed by atoms with Gasteiger partial charge >= 0.3 is 0 Å². The van der Waals surface area contributed by atoms with E-state index in [4.69, 9.17) is 4.42 Å². The van der Waals surface area contributed by atoms with Crippen molar-refractivity contribution in [3.8, 4) is 11.1 Å². The number of hydrogen-bond donors (Lipinski definition) is 0. The van der Waals surface area contributed by atoms with Crippen LogP contribution in [0.1, 0.15) is 42.4 Å². The highest BCUT2D eigenvalue weighted by Gasteiger charge is 2.37. The molecule has 3 aromatic rings. The average molecular weight is 418 g/mol. The third kappa shape index (κ3) is 4.38. The van der Waals surface area contributed by atoms with Gasteiger partial charge in [0, 0.05) is 12.2 Å². The number of carbonyl (C=O) groups excluding carboxylic acids is 2. The van der Waals surface area contributed by atoms with Crippen LogP contribution in [-0.4, -0.2) is 40.8 Å². The Morgan fingerprint density at radius 3 is 2.61 bits per heavy atom. The summed E-state index contributed by atoms with van der Waals surface area (Å²) in [7, 11) is 0. The molecular weight excluding hydrogens is 390 g/mol. The number of benzene rings is 2. The molecule has 4 rings (SSSR count). The molecule has 1 aliphatic rings. The standard InChI is InChI=1S/C25H27N3O3/c1-3-4-12-22-15-27(21-13-8-11-20(14-21)19-9-6-5-7-10-19)23(29)16-28(22)25(30)24-18(2)31-17-26-24/h5-11,13-14,17,22H,3-4,12,15-16H2,1-2H3/t22-/m0/s1. The first-order chi connectivity index (χ1) is 15.1. The lowest BCUT2D eigenvalue weighted by Gasteiger charge is -2.41. The number of unbranched alkanes of at least 4 members (excludes halogenated alkanes) is 1. The summed E-state index contributed by atoms with van der Waals surface area (Å²) < 4.78 is 5.21. The van der Waals surface area contributed by atoms with Gasteiger partial charge in [0.25, 0.3) is 5.91 Å². The summed E-state index contributed by atoms with van der Waals surface area (Å²) >= 11 is 0. The summed E-state index contributed by atoms with van der Waals surface area (Å²) in [6, 6.07) is 18.1. The van der Waals surface area contributed by atoms with Crippen LogP contribution in [0.2, 0.25) is 0 Å². The fourth-order valence-corrected chi connectivity index (χ4v) is 4.08. The summed E-state index contributed by atoms with van der Waals surface area (Å²) in [5.41, 5.74) is 3.31. The second kappa shape index (κ2) is 9.16. The maximum atomic E-state index is 13.1. The van der Waals surface area contributed by atoms with Crippen LogP contribution in [0.3, 0.4) is 0 Å². The Hall–Kier alpha value is -3.41. The second-order valence-electron chi connectivity index (χ2n) is 7.91. The van der Waals surface area contributed by atoms with Crippen LogP contribution in [0.4, 0.5) is 5.69 Å². The molecule has 2 aromatic carbocycles. The Bertz CT molecular complexity index is 1060. The number of nitrogens with zero attached hydrogens (tertiary/aromatic N) is 3. The molecule has 0 saturated carbocycles. The molecular formula is C25H27N3O3. The highest BCUT2D eigenvalue weighted by molar-refractivity contribution is 6.01. The lowest BCUT2D eigenvalue weighted by atomic mass is 10.0. The minimum Gasteiger partial charge on any atom is -0.448 e. The largest absolute Gasteiger partial charge is 0.448 e. The Morgan fingerprint density at radius 2 is 1.90 bits per heavy atom. The summed E-state index contributed by atoms with van der Waals surface area (Å²) in [6.07, 6.45) is 4.12. The molecule has 6 nitrogen and oxygen atoms in total. The SMILES string of the molecule is CCCC[C@H]1CN(c2cccc(-c3ccccc3)c2)C(=O)CN1C(=O)c1ncoc1C. The van der Waals surface area contributed by atoms with E-state index in [1.165, 1.54) is 6.39 Å². The molecule has 1 aliphatic heterocycles.